The number of carbonyl (C=O) groups is 2. The molecule has 18 heavy (non-hydrogen) atoms. The van der Waals surface area contributed by atoms with Crippen molar-refractivity contribution in [3.05, 3.63) is 0 Å². The van der Waals surface area contributed by atoms with Crippen molar-refractivity contribution in [1.29, 1.82) is 0 Å². The highest BCUT2D eigenvalue weighted by atomic mass is 16.8. The number of methoxy groups -OCH3 is 1. The third-order valence-electron chi connectivity index (χ3n) is 3.19. The van der Waals surface area contributed by atoms with E-state index in [0.717, 1.165) is 7.11 Å². The second-order valence-corrected chi connectivity index (χ2v) is 4.96. The Kier molecular flexibility index (Phi) is 4.02. The molecule has 1 fully saturated rings. The van der Waals surface area contributed by atoms with Crippen molar-refractivity contribution in [3.8, 4) is 0 Å². The molecule has 1 N–H and O–H groups in total. The lowest BCUT2D eigenvalue weighted by molar-refractivity contribution is -0.199. The zero-order valence-corrected chi connectivity index (χ0v) is 11.4. The van der Waals surface area contributed by atoms with Gasteiger partial charge in [0.25, 0.3) is 5.60 Å². The molecule has 0 unspecified atom stereocenters. The molecule has 1 heterocycles. The lowest BCUT2D eigenvalue weighted by Crippen LogP contribution is -2.57. The number of carboxylic acids is 1. The van der Waals surface area contributed by atoms with E-state index in [4.69, 9.17) is 9.47 Å². The number of carboxylic acid groups (broad SMARTS) is 1. The molecule has 3 atom stereocenters. The van der Waals surface area contributed by atoms with Crippen molar-refractivity contribution in [2.45, 2.75) is 51.6 Å². The van der Waals surface area contributed by atoms with Gasteiger partial charge in [0.1, 0.15) is 6.10 Å². The zero-order valence-electron chi connectivity index (χ0n) is 11.4. The van der Waals surface area contributed by atoms with E-state index in [1.165, 1.54) is 0 Å². The van der Waals surface area contributed by atoms with Gasteiger partial charge in [-0.1, -0.05) is 20.3 Å². The number of aliphatic carboxylic acids is 1. The van der Waals surface area contributed by atoms with Gasteiger partial charge in [0.15, 0.2) is 5.79 Å². The van der Waals surface area contributed by atoms with E-state index >= 15 is 0 Å². The summed E-state index contributed by atoms with van der Waals surface area (Å²) in [7, 11) is 1.13. The first kappa shape index (κ1) is 14.9. The first-order valence-electron chi connectivity index (χ1n) is 5.91. The first-order valence-corrected chi connectivity index (χ1v) is 5.91. The van der Waals surface area contributed by atoms with Crippen LogP contribution < -0.4 is 0 Å². The summed E-state index contributed by atoms with van der Waals surface area (Å²) in [5.41, 5.74) is -2.09. The summed E-state index contributed by atoms with van der Waals surface area (Å²) < 4.78 is 15.6. The SMILES string of the molecule is CC[C@H](C)[C@H]1OC(C)(C)O[C@]1(C(=O)O)C(=O)OC. The van der Waals surface area contributed by atoms with Gasteiger partial charge in [0, 0.05) is 0 Å². The summed E-state index contributed by atoms with van der Waals surface area (Å²) in [6.45, 7) is 6.87. The predicted molar refractivity (Wildman–Crippen MR) is 61.9 cm³/mol. The van der Waals surface area contributed by atoms with Crippen molar-refractivity contribution in [2.75, 3.05) is 7.11 Å². The highest BCUT2D eigenvalue weighted by molar-refractivity contribution is 6.04. The number of carbonyl (C=O) groups excluding carboxylic acids is 1. The predicted octanol–water partition coefficient (Wildman–Crippen LogP) is 1.18. The summed E-state index contributed by atoms with van der Waals surface area (Å²) in [6, 6.07) is 0. The fourth-order valence-corrected chi connectivity index (χ4v) is 2.15. The normalized spacial score (nSPS) is 31.9. The molecule has 1 saturated heterocycles. The van der Waals surface area contributed by atoms with Gasteiger partial charge in [-0.3, -0.25) is 0 Å². The summed E-state index contributed by atoms with van der Waals surface area (Å²) in [6.07, 6.45) is -0.210. The summed E-state index contributed by atoms with van der Waals surface area (Å²) in [4.78, 5) is 23.4. The van der Waals surface area contributed by atoms with Crippen LogP contribution in [0.5, 0.6) is 0 Å². The lowest BCUT2D eigenvalue weighted by Gasteiger charge is -2.28. The molecule has 0 aliphatic carbocycles. The van der Waals surface area contributed by atoms with Gasteiger partial charge in [-0.05, 0) is 19.8 Å². The van der Waals surface area contributed by atoms with Crippen LogP contribution in [0, 0.1) is 5.92 Å². The van der Waals surface area contributed by atoms with Crippen molar-refractivity contribution in [1.82, 2.24) is 0 Å². The average Bonchev–Trinajstić information content (AvgIpc) is 2.60. The van der Waals surface area contributed by atoms with Gasteiger partial charge in [-0.15, -0.1) is 0 Å². The number of esters is 1. The molecule has 1 aliphatic heterocycles. The van der Waals surface area contributed by atoms with Crippen molar-refractivity contribution >= 4 is 11.9 Å². The fraction of sp³-hybridized carbons (Fsp3) is 0.833. The Morgan fingerprint density at radius 1 is 1.44 bits per heavy atom. The highest BCUT2D eigenvalue weighted by Gasteiger charge is 2.66. The average molecular weight is 260 g/mol. The molecule has 1 rings (SSSR count). The Morgan fingerprint density at radius 2 is 2.00 bits per heavy atom. The van der Waals surface area contributed by atoms with Crippen LogP contribution in [0.3, 0.4) is 0 Å². The van der Waals surface area contributed by atoms with Crippen molar-refractivity contribution in [3.63, 3.8) is 0 Å². The minimum atomic E-state index is -2.09. The van der Waals surface area contributed by atoms with Crippen LogP contribution in [-0.2, 0) is 23.8 Å². The van der Waals surface area contributed by atoms with Crippen molar-refractivity contribution < 1.29 is 28.9 Å². The Labute approximate surface area is 106 Å². The second kappa shape index (κ2) is 4.85. The maximum Gasteiger partial charge on any atom is 0.352 e. The molecule has 0 amide bonds. The Bertz CT molecular complexity index is 350. The highest BCUT2D eigenvalue weighted by Crippen LogP contribution is 2.41. The summed E-state index contributed by atoms with van der Waals surface area (Å²) in [5, 5.41) is 9.41. The topological polar surface area (TPSA) is 82.1 Å². The molecule has 6 nitrogen and oxygen atoms in total. The van der Waals surface area contributed by atoms with Crippen LogP contribution in [0.25, 0.3) is 0 Å². The standard InChI is InChI=1S/C12H20O6/c1-6-7(2)8-12(9(13)14,10(15)16-5)18-11(3,4)17-8/h7-8H,6H2,1-5H3,(H,13,14)/t7-,8+,12+/m0/s1. The number of rotatable bonds is 4. The molecule has 0 aromatic carbocycles. The first-order chi connectivity index (χ1) is 8.21. The Morgan fingerprint density at radius 3 is 2.39 bits per heavy atom. The van der Waals surface area contributed by atoms with Crippen LogP contribution in [0.4, 0.5) is 0 Å². The maximum atomic E-state index is 11.9. The van der Waals surface area contributed by atoms with E-state index in [0.29, 0.717) is 6.42 Å². The van der Waals surface area contributed by atoms with Crippen LogP contribution in [0.2, 0.25) is 0 Å². The largest absolute Gasteiger partial charge is 0.479 e. The van der Waals surface area contributed by atoms with Gasteiger partial charge in [-0.2, -0.15) is 0 Å². The van der Waals surface area contributed by atoms with Crippen LogP contribution in [-0.4, -0.2) is 41.6 Å². The Hall–Kier alpha value is -1.14. The van der Waals surface area contributed by atoms with E-state index in [9.17, 15) is 14.7 Å². The van der Waals surface area contributed by atoms with Crippen LogP contribution in [0.15, 0.2) is 0 Å². The second-order valence-electron chi connectivity index (χ2n) is 4.96. The molecule has 0 bridgehead atoms. The van der Waals surface area contributed by atoms with E-state index in [1.807, 2.05) is 13.8 Å². The molecule has 6 heteroatoms. The number of ether oxygens (including phenoxy) is 3. The molecule has 0 spiro atoms. The number of hydrogen-bond acceptors (Lipinski definition) is 5. The lowest BCUT2D eigenvalue weighted by atomic mass is 9.86. The third-order valence-corrected chi connectivity index (χ3v) is 3.19. The molecular weight excluding hydrogens is 240 g/mol. The van der Waals surface area contributed by atoms with Gasteiger partial charge in [0.05, 0.1) is 7.11 Å². The van der Waals surface area contributed by atoms with Gasteiger partial charge in [0.2, 0.25) is 0 Å². The monoisotopic (exact) mass is 260 g/mol. The minimum absolute atomic E-state index is 0.151. The van der Waals surface area contributed by atoms with Gasteiger partial charge in [-0.25, -0.2) is 9.59 Å². The van der Waals surface area contributed by atoms with Gasteiger partial charge < -0.3 is 19.3 Å². The van der Waals surface area contributed by atoms with E-state index in [1.54, 1.807) is 13.8 Å². The maximum absolute atomic E-state index is 11.9. The summed E-state index contributed by atoms with van der Waals surface area (Å²) >= 11 is 0. The van der Waals surface area contributed by atoms with Crippen LogP contribution in [0.1, 0.15) is 34.1 Å². The van der Waals surface area contributed by atoms with E-state index < -0.39 is 29.4 Å². The number of hydrogen-bond donors (Lipinski definition) is 1. The van der Waals surface area contributed by atoms with E-state index in [-0.39, 0.29) is 5.92 Å². The molecule has 0 saturated carbocycles. The molecule has 0 radical (unpaired) electrons. The minimum Gasteiger partial charge on any atom is -0.479 e. The quantitative estimate of drug-likeness (QED) is 0.603. The van der Waals surface area contributed by atoms with Gasteiger partial charge >= 0.3 is 11.9 Å². The molecule has 1 aliphatic rings. The van der Waals surface area contributed by atoms with Crippen molar-refractivity contribution in [2.24, 2.45) is 5.92 Å². The molecule has 0 aromatic rings. The molecule has 104 valence electrons. The smallest absolute Gasteiger partial charge is 0.352 e. The van der Waals surface area contributed by atoms with Crippen LogP contribution >= 0.6 is 0 Å². The molecular formula is C12H20O6. The van der Waals surface area contributed by atoms with E-state index in [2.05, 4.69) is 4.74 Å². The third kappa shape index (κ3) is 2.22. The zero-order chi connectivity index (χ0) is 14.1. The fourth-order valence-electron chi connectivity index (χ4n) is 2.15. The molecule has 0 aromatic heterocycles. The Balaban J connectivity index is 3.27. The summed E-state index contributed by atoms with van der Waals surface area (Å²) in [5.74, 6) is -3.61.